The third kappa shape index (κ3) is 3.75. The van der Waals surface area contributed by atoms with Gasteiger partial charge in [0.2, 0.25) is 5.91 Å². The van der Waals surface area contributed by atoms with Crippen LogP contribution < -0.4 is 10.6 Å². The van der Waals surface area contributed by atoms with Crippen molar-refractivity contribution in [1.82, 2.24) is 10.2 Å². The Morgan fingerprint density at radius 1 is 1.24 bits per heavy atom. The van der Waals surface area contributed by atoms with E-state index in [4.69, 9.17) is 23.2 Å². The fourth-order valence-corrected chi connectivity index (χ4v) is 3.91. The Balaban J connectivity index is 1.67. The van der Waals surface area contributed by atoms with Crippen molar-refractivity contribution >= 4 is 46.7 Å². The summed E-state index contributed by atoms with van der Waals surface area (Å²) in [5.74, 6) is -0.257. The van der Waals surface area contributed by atoms with Crippen LogP contribution in [0.1, 0.15) is 32.6 Å². The van der Waals surface area contributed by atoms with Gasteiger partial charge in [0.15, 0.2) is 0 Å². The van der Waals surface area contributed by atoms with E-state index >= 15 is 0 Å². The lowest BCUT2D eigenvalue weighted by Gasteiger charge is -2.33. The molecule has 1 aliphatic heterocycles. The normalized spacial score (nSPS) is 26.0. The number of benzene rings is 1. The number of anilines is 1. The number of nitrogens with zero attached hydrogens (tertiary/aromatic N) is 1. The Morgan fingerprint density at radius 2 is 1.84 bits per heavy atom. The fourth-order valence-electron chi connectivity index (χ4n) is 3.38. The molecule has 134 valence electrons. The van der Waals surface area contributed by atoms with Gasteiger partial charge in [-0.3, -0.25) is 14.5 Å². The molecule has 1 saturated carbocycles. The van der Waals surface area contributed by atoms with Crippen LogP contribution in [-0.4, -0.2) is 34.8 Å². The van der Waals surface area contributed by atoms with Crippen molar-refractivity contribution in [2.45, 2.75) is 38.1 Å². The van der Waals surface area contributed by atoms with E-state index in [-0.39, 0.29) is 12.5 Å². The van der Waals surface area contributed by atoms with Crippen molar-refractivity contribution in [3.63, 3.8) is 0 Å². The van der Waals surface area contributed by atoms with Crippen LogP contribution in [-0.2, 0) is 9.59 Å². The molecule has 4 amide bonds. The minimum atomic E-state index is -0.844. The van der Waals surface area contributed by atoms with Crippen molar-refractivity contribution in [3.8, 4) is 0 Å². The van der Waals surface area contributed by atoms with E-state index in [9.17, 15) is 14.4 Å². The second-order valence-corrected chi connectivity index (χ2v) is 7.67. The van der Waals surface area contributed by atoms with Crippen molar-refractivity contribution in [2.75, 3.05) is 11.9 Å². The van der Waals surface area contributed by atoms with Crippen LogP contribution in [0.4, 0.5) is 10.5 Å². The smallest absolute Gasteiger partial charge is 0.324 e. The average Bonchev–Trinajstić information content (AvgIpc) is 2.74. The minimum Gasteiger partial charge on any atom is -0.324 e. The first-order valence-electron chi connectivity index (χ1n) is 8.19. The molecule has 6 nitrogen and oxygen atoms in total. The molecule has 1 aromatic carbocycles. The molecule has 8 heteroatoms. The maximum absolute atomic E-state index is 12.7. The largest absolute Gasteiger partial charge is 0.325 e. The van der Waals surface area contributed by atoms with E-state index in [1.165, 1.54) is 0 Å². The second-order valence-electron chi connectivity index (χ2n) is 6.79. The van der Waals surface area contributed by atoms with Gasteiger partial charge in [0.1, 0.15) is 12.1 Å². The molecule has 1 saturated heterocycles. The molecule has 1 spiro atoms. The van der Waals surface area contributed by atoms with Crippen LogP contribution in [0.3, 0.4) is 0 Å². The highest BCUT2D eigenvalue weighted by Gasteiger charge is 2.52. The summed E-state index contributed by atoms with van der Waals surface area (Å²) in [6.45, 7) is 1.79. The quantitative estimate of drug-likeness (QED) is 0.784. The summed E-state index contributed by atoms with van der Waals surface area (Å²) in [6, 6.07) is 4.12. The molecule has 25 heavy (non-hydrogen) atoms. The molecule has 1 aliphatic carbocycles. The van der Waals surface area contributed by atoms with Gasteiger partial charge >= 0.3 is 6.03 Å². The van der Waals surface area contributed by atoms with E-state index < -0.39 is 17.5 Å². The molecule has 0 unspecified atom stereocenters. The molecule has 0 atom stereocenters. The van der Waals surface area contributed by atoms with Gasteiger partial charge in [-0.1, -0.05) is 30.1 Å². The fraction of sp³-hybridized carbons (Fsp3) is 0.471. The van der Waals surface area contributed by atoms with Crippen LogP contribution in [0.15, 0.2) is 18.2 Å². The van der Waals surface area contributed by atoms with Gasteiger partial charge in [-0.25, -0.2) is 4.79 Å². The number of hydrogen-bond acceptors (Lipinski definition) is 3. The number of rotatable bonds is 3. The van der Waals surface area contributed by atoms with Gasteiger partial charge in [-0.2, -0.15) is 0 Å². The summed E-state index contributed by atoms with van der Waals surface area (Å²) in [6.07, 6.45) is 2.99. The van der Waals surface area contributed by atoms with Gasteiger partial charge in [0.05, 0.1) is 0 Å². The average molecular weight is 384 g/mol. The van der Waals surface area contributed by atoms with Crippen LogP contribution in [0, 0.1) is 5.92 Å². The molecule has 3 rings (SSSR count). The van der Waals surface area contributed by atoms with Gasteiger partial charge in [0, 0.05) is 15.7 Å². The van der Waals surface area contributed by atoms with Crippen LogP contribution in [0.5, 0.6) is 0 Å². The Morgan fingerprint density at radius 3 is 2.44 bits per heavy atom. The minimum absolute atomic E-state index is 0.316. The third-order valence-electron chi connectivity index (χ3n) is 4.82. The maximum Gasteiger partial charge on any atom is 0.325 e. The summed E-state index contributed by atoms with van der Waals surface area (Å²) in [5.41, 5.74) is -0.431. The Bertz CT molecular complexity index is 710. The van der Waals surface area contributed by atoms with Crippen molar-refractivity contribution < 1.29 is 14.4 Å². The monoisotopic (exact) mass is 383 g/mol. The summed E-state index contributed by atoms with van der Waals surface area (Å²) in [7, 11) is 0. The van der Waals surface area contributed by atoms with Crippen LogP contribution >= 0.6 is 23.2 Å². The zero-order chi connectivity index (χ0) is 18.2. The van der Waals surface area contributed by atoms with Gasteiger partial charge < -0.3 is 10.6 Å². The number of carbonyl (C=O) groups is 3. The topological polar surface area (TPSA) is 78.5 Å². The zero-order valence-electron chi connectivity index (χ0n) is 13.8. The molecule has 0 bridgehead atoms. The number of halogens is 2. The summed E-state index contributed by atoms with van der Waals surface area (Å²) >= 11 is 11.8. The predicted octanol–water partition coefficient (Wildman–Crippen LogP) is 3.43. The Kier molecular flexibility index (Phi) is 4.93. The Labute approximate surface area is 155 Å². The Hall–Kier alpha value is -1.79. The number of imide groups is 1. The first-order valence-corrected chi connectivity index (χ1v) is 8.95. The SMILES string of the molecule is CC1CCC2(CC1)NC(=O)N(CC(=O)Nc1cc(Cl)cc(Cl)c1)C2=O. The van der Waals surface area contributed by atoms with Crippen LogP contribution in [0.25, 0.3) is 0 Å². The second kappa shape index (κ2) is 6.84. The van der Waals surface area contributed by atoms with Crippen LogP contribution in [0.2, 0.25) is 10.0 Å². The van der Waals surface area contributed by atoms with E-state index in [0.29, 0.717) is 34.5 Å². The van der Waals surface area contributed by atoms with Gasteiger partial charge in [-0.15, -0.1) is 0 Å². The number of urea groups is 1. The lowest BCUT2D eigenvalue weighted by atomic mass is 9.77. The zero-order valence-corrected chi connectivity index (χ0v) is 15.3. The molecule has 0 radical (unpaired) electrons. The predicted molar refractivity (Wildman–Crippen MR) is 95.7 cm³/mol. The summed E-state index contributed by atoms with van der Waals surface area (Å²) in [4.78, 5) is 38.1. The standard InChI is InChI=1S/C17H19Cl2N3O3/c1-10-2-4-17(5-3-10)15(24)22(16(25)21-17)9-14(23)20-13-7-11(18)6-12(19)8-13/h6-8,10H,2-5,9H2,1H3,(H,20,23)(H,21,25). The van der Waals surface area contributed by atoms with E-state index in [2.05, 4.69) is 17.6 Å². The van der Waals surface area contributed by atoms with Crippen molar-refractivity contribution in [3.05, 3.63) is 28.2 Å². The first kappa shape index (κ1) is 18.0. The molecular weight excluding hydrogens is 365 g/mol. The van der Waals surface area contributed by atoms with Gasteiger partial charge in [-0.05, 0) is 49.8 Å². The molecular formula is C17H19Cl2N3O3. The molecule has 2 fully saturated rings. The molecule has 0 aromatic heterocycles. The molecule has 1 aromatic rings. The third-order valence-corrected chi connectivity index (χ3v) is 5.26. The van der Waals surface area contributed by atoms with Crippen molar-refractivity contribution in [2.24, 2.45) is 5.92 Å². The number of carbonyl (C=O) groups excluding carboxylic acids is 3. The highest BCUT2D eigenvalue weighted by atomic mass is 35.5. The van der Waals surface area contributed by atoms with E-state index in [0.717, 1.165) is 17.7 Å². The molecule has 2 aliphatic rings. The summed E-state index contributed by atoms with van der Waals surface area (Å²) < 4.78 is 0. The maximum atomic E-state index is 12.7. The van der Waals surface area contributed by atoms with E-state index in [1.54, 1.807) is 18.2 Å². The lowest BCUT2D eigenvalue weighted by Crippen LogP contribution is -2.49. The first-order chi connectivity index (χ1) is 11.8. The number of nitrogens with one attached hydrogen (secondary N) is 2. The molecule has 1 heterocycles. The van der Waals surface area contributed by atoms with E-state index in [1.807, 2.05) is 0 Å². The summed E-state index contributed by atoms with van der Waals surface area (Å²) in [5, 5.41) is 6.17. The lowest BCUT2D eigenvalue weighted by molar-refractivity contribution is -0.135. The highest BCUT2D eigenvalue weighted by molar-refractivity contribution is 6.35. The van der Waals surface area contributed by atoms with Crippen molar-refractivity contribution in [1.29, 1.82) is 0 Å². The highest BCUT2D eigenvalue weighted by Crippen LogP contribution is 2.36. The number of hydrogen-bond donors (Lipinski definition) is 2. The number of amides is 4. The molecule has 2 N–H and O–H groups in total. The van der Waals surface area contributed by atoms with Gasteiger partial charge in [0.25, 0.3) is 5.91 Å².